The summed E-state index contributed by atoms with van der Waals surface area (Å²) in [5.74, 6) is -0.115. The first-order valence-electron chi connectivity index (χ1n) is 13.4. The number of amides is 1. The van der Waals surface area contributed by atoms with Crippen LogP contribution in [0.3, 0.4) is 0 Å². The van der Waals surface area contributed by atoms with Crippen LogP contribution in [0.4, 0.5) is 5.13 Å². The molecule has 1 aliphatic carbocycles. The van der Waals surface area contributed by atoms with Gasteiger partial charge < -0.3 is 20.1 Å². The molecule has 2 unspecified atom stereocenters. The number of rotatable bonds is 8. The number of carbonyl (C=O) groups is 2. The van der Waals surface area contributed by atoms with Crippen molar-refractivity contribution < 1.29 is 19.4 Å². The number of ether oxygens (including phenoxy) is 1. The molecule has 8 heteroatoms. The number of aliphatic carboxylic acids is 1. The molecule has 2 atom stereocenters. The summed E-state index contributed by atoms with van der Waals surface area (Å²) in [6.45, 7) is 6.16. The number of nitrogens with zero attached hydrogens (tertiary/aromatic N) is 2. The van der Waals surface area contributed by atoms with Crippen LogP contribution in [0.25, 0.3) is 11.3 Å². The van der Waals surface area contributed by atoms with E-state index in [0.29, 0.717) is 19.4 Å². The maximum atomic E-state index is 12.9. The fourth-order valence-corrected chi connectivity index (χ4v) is 6.16. The Balaban J connectivity index is 1.26. The van der Waals surface area contributed by atoms with Gasteiger partial charge in [0.25, 0.3) is 5.91 Å². The maximum absolute atomic E-state index is 12.9. The Morgan fingerprint density at radius 3 is 2.66 bits per heavy atom. The van der Waals surface area contributed by atoms with Crippen molar-refractivity contribution in [3.63, 3.8) is 0 Å². The summed E-state index contributed by atoms with van der Waals surface area (Å²) in [7, 11) is 0. The highest BCUT2D eigenvalue weighted by atomic mass is 32.1. The number of carboxylic acids is 1. The Labute approximate surface area is 227 Å². The van der Waals surface area contributed by atoms with Gasteiger partial charge in [0.15, 0.2) is 5.13 Å². The zero-order valence-electron chi connectivity index (χ0n) is 22.0. The lowest BCUT2D eigenvalue weighted by Gasteiger charge is -2.27. The van der Waals surface area contributed by atoms with Gasteiger partial charge in [0.05, 0.1) is 11.6 Å². The first-order chi connectivity index (χ1) is 18.4. The number of likely N-dealkylation sites (tertiary alicyclic amines) is 1. The van der Waals surface area contributed by atoms with Crippen LogP contribution in [0, 0.1) is 19.8 Å². The van der Waals surface area contributed by atoms with Crippen LogP contribution < -0.4 is 10.1 Å². The number of carbonyl (C=O) groups excluding carboxylic acids is 1. The minimum Gasteiger partial charge on any atom is -0.488 e. The fraction of sp³-hybridized carbons (Fsp3) is 0.433. The second kappa shape index (κ2) is 11.6. The minimum absolute atomic E-state index is 0.116. The van der Waals surface area contributed by atoms with Crippen molar-refractivity contribution >= 4 is 28.3 Å². The van der Waals surface area contributed by atoms with Crippen molar-refractivity contribution in [3.05, 3.63) is 64.0 Å². The van der Waals surface area contributed by atoms with Crippen LogP contribution >= 0.6 is 11.3 Å². The number of benzene rings is 2. The Morgan fingerprint density at radius 2 is 1.92 bits per heavy atom. The van der Waals surface area contributed by atoms with Gasteiger partial charge in [0.1, 0.15) is 12.4 Å². The number of piperidine rings is 1. The van der Waals surface area contributed by atoms with E-state index in [1.54, 1.807) is 0 Å². The molecular formula is C30H35N3O4S. The number of aromatic nitrogens is 1. The molecule has 2 aliphatic rings. The number of nitrogens with one attached hydrogen (secondary N) is 1. The third kappa shape index (κ3) is 6.01. The van der Waals surface area contributed by atoms with E-state index in [2.05, 4.69) is 11.4 Å². The van der Waals surface area contributed by atoms with Crippen LogP contribution in [-0.4, -0.2) is 46.0 Å². The molecular weight excluding hydrogens is 498 g/mol. The van der Waals surface area contributed by atoms with E-state index in [1.807, 2.05) is 54.5 Å². The summed E-state index contributed by atoms with van der Waals surface area (Å²) in [4.78, 5) is 30.9. The normalized spacial score (nSPS) is 19.4. The van der Waals surface area contributed by atoms with Gasteiger partial charge in [-0.1, -0.05) is 17.7 Å². The van der Waals surface area contributed by atoms with Crippen LogP contribution in [-0.2, 0) is 11.4 Å². The summed E-state index contributed by atoms with van der Waals surface area (Å²) >= 11 is 1.53. The van der Waals surface area contributed by atoms with Crippen LogP contribution in [0.15, 0.2) is 41.8 Å². The highest BCUT2D eigenvalue weighted by molar-refractivity contribution is 7.14. The first kappa shape index (κ1) is 26.2. The monoisotopic (exact) mass is 533 g/mol. The molecule has 0 radical (unpaired) electrons. The Hall–Kier alpha value is -3.39. The summed E-state index contributed by atoms with van der Waals surface area (Å²) in [5, 5.41) is 15.5. The van der Waals surface area contributed by atoms with E-state index in [-0.39, 0.29) is 17.9 Å². The molecule has 1 saturated carbocycles. The number of carboxylic acid groups (broad SMARTS) is 1. The molecule has 1 amide bonds. The Bertz CT molecular complexity index is 1310. The Kier molecular flexibility index (Phi) is 7.98. The molecule has 1 aliphatic heterocycles. The number of aryl methyl sites for hydroxylation is 2. The van der Waals surface area contributed by atoms with E-state index in [4.69, 9.17) is 9.72 Å². The molecule has 2 aromatic carbocycles. The summed E-state index contributed by atoms with van der Waals surface area (Å²) < 4.78 is 6.30. The number of hydrogen-bond acceptors (Lipinski definition) is 6. The average Bonchev–Trinajstić information content (AvgIpc) is 3.59. The molecule has 5 rings (SSSR count). The van der Waals surface area contributed by atoms with Crippen molar-refractivity contribution in [3.8, 4) is 17.0 Å². The maximum Gasteiger partial charge on any atom is 0.306 e. The van der Waals surface area contributed by atoms with Crippen molar-refractivity contribution in [2.45, 2.75) is 65.0 Å². The lowest BCUT2D eigenvalue weighted by molar-refractivity contribution is -0.141. The highest BCUT2D eigenvalue weighted by Crippen LogP contribution is 2.35. The van der Waals surface area contributed by atoms with Crippen LogP contribution in [0.1, 0.15) is 65.6 Å². The SMILES string of the molecule is Cc1ccc(OCc2ccc(C(=O)N3CCCCC3)cc2C)c(-c2csc(NC3CCC(C(=O)O)C3)n2)c1. The van der Waals surface area contributed by atoms with E-state index in [9.17, 15) is 14.7 Å². The largest absolute Gasteiger partial charge is 0.488 e. The fourth-order valence-electron chi connectivity index (χ4n) is 5.37. The van der Waals surface area contributed by atoms with Gasteiger partial charge in [-0.2, -0.15) is 0 Å². The van der Waals surface area contributed by atoms with Gasteiger partial charge in [-0.15, -0.1) is 11.3 Å². The summed E-state index contributed by atoms with van der Waals surface area (Å²) in [6, 6.07) is 12.1. The van der Waals surface area contributed by atoms with Crippen LogP contribution in [0.5, 0.6) is 5.75 Å². The summed E-state index contributed by atoms with van der Waals surface area (Å²) in [6.07, 6.45) is 5.54. The molecule has 3 aromatic rings. The second-order valence-corrected chi connectivity index (χ2v) is 11.4. The number of hydrogen-bond donors (Lipinski definition) is 2. The van der Waals surface area contributed by atoms with Gasteiger partial charge in [0.2, 0.25) is 0 Å². The smallest absolute Gasteiger partial charge is 0.306 e. The zero-order chi connectivity index (χ0) is 26.6. The van der Waals surface area contributed by atoms with E-state index < -0.39 is 5.97 Å². The average molecular weight is 534 g/mol. The third-order valence-electron chi connectivity index (χ3n) is 7.64. The second-order valence-electron chi connectivity index (χ2n) is 10.5. The van der Waals surface area contributed by atoms with Crippen LogP contribution in [0.2, 0.25) is 0 Å². The molecule has 7 nitrogen and oxygen atoms in total. The minimum atomic E-state index is -0.714. The van der Waals surface area contributed by atoms with Gasteiger partial charge in [-0.25, -0.2) is 4.98 Å². The van der Waals surface area contributed by atoms with Crippen molar-refractivity contribution in [2.75, 3.05) is 18.4 Å². The molecule has 1 aromatic heterocycles. The lowest BCUT2D eigenvalue weighted by Crippen LogP contribution is -2.35. The van der Waals surface area contributed by atoms with E-state index in [0.717, 1.165) is 76.7 Å². The highest BCUT2D eigenvalue weighted by Gasteiger charge is 2.30. The molecule has 2 heterocycles. The molecule has 2 fully saturated rings. The standard InChI is InChI=1S/C30H35N3O4S/c1-19-6-11-27(25(14-19)26-18-38-30(32-26)31-24-10-9-22(16-24)29(35)36)37-17-23-8-7-21(15-20(23)2)28(34)33-12-4-3-5-13-33/h6-8,11,14-15,18,22,24H,3-5,9-10,12-13,16-17H2,1-2H3,(H,31,32)(H,35,36). The molecule has 1 saturated heterocycles. The van der Waals surface area contributed by atoms with Gasteiger partial charge in [0, 0.05) is 35.6 Å². The van der Waals surface area contributed by atoms with Crippen molar-refractivity contribution in [2.24, 2.45) is 5.92 Å². The molecule has 0 bridgehead atoms. The van der Waals surface area contributed by atoms with Gasteiger partial charge in [-0.05, 0) is 87.8 Å². The molecule has 200 valence electrons. The van der Waals surface area contributed by atoms with Gasteiger partial charge in [-0.3, -0.25) is 9.59 Å². The van der Waals surface area contributed by atoms with Crippen molar-refractivity contribution in [1.82, 2.24) is 9.88 Å². The third-order valence-corrected chi connectivity index (χ3v) is 8.41. The lowest BCUT2D eigenvalue weighted by atomic mass is 10.0. The predicted octanol–water partition coefficient (Wildman–Crippen LogP) is 6.30. The number of anilines is 1. The Morgan fingerprint density at radius 1 is 1.11 bits per heavy atom. The van der Waals surface area contributed by atoms with E-state index >= 15 is 0 Å². The quantitative estimate of drug-likeness (QED) is 0.353. The van der Waals surface area contributed by atoms with Gasteiger partial charge >= 0.3 is 5.97 Å². The molecule has 38 heavy (non-hydrogen) atoms. The first-order valence-corrected chi connectivity index (χ1v) is 14.3. The number of thiazole rings is 1. The van der Waals surface area contributed by atoms with E-state index in [1.165, 1.54) is 17.8 Å². The summed E-state index contributed by atoms with van der Waals surface area (Å²) in [5.41, 5.74) is 5.71. The molecule has 2 N–H and O–H groups in total. The zero-order valence-corrected chi connectivity index (χ0v) is 22.9. The van der Waals surface area contributed by atoms with Crippen molar-refractivity contribution in [1.29, 1.82) is 0 Å². The predicted molar refractivity (Wildman–Crippen MR) is 150 cm³/mol. The topological polar surface area (TPSA) is 91.8 Å². The molecule has 0 spiro atoms.